The molecule has 0 saturated heterocycles. The summed E-state index contributed by atoms with van der Waals surface area (Å²) in [5.41, 5.74) is 8.45. The topological polar surface area (TPSA) is 77.0 Å². The standard InChI is InChI=1S/C20H24F3N5O/c1-13-3-2-4-14(11-13)19(12-24)7-5-15(6-8-19)27-9-10-28-16(17(27)29)25-18(26-28)20(21,22)23/h2-4,11,15H,5-10,12,24H2,1H3/t15-,19+. The number of hydrogen-bond acceptors (Lipinski definition) is 4. The molecule has 1 aliphatic heterocycles. The van der Waals surface area contributed by atoms with Gasteiger partial charge in [0.25, 0.3) is 11.7 Å². The number of hydrogen-bond donors (Lipinski definition) is 1. The molecule has 1 saturated carbocycles. The second-order valence-electron chi connectivity index (χ2n) is 8.06. The first-order chi connectivity index (χ1) is 13.7. The number of carbonyl (C=O) groups is 1. The predicted molar refractivity (Wildman–Crippen MR) is 100 cm³/mol. The van der Waals surface area contributed by atoms with Crippen LogP contribution in [0.5, 0.6) is 0 Å². The fourth-order valence-corrected chi connectivity index (χ4v) is 4.61. The minimum absolute atomic E-state index is 0.0215. The molecule has 2 aliphatic rings. The van der Waals surface area contributed by atoms with E-state index in [1.54, 1.807) is 4.90 Å². The Bertz CT molecular complexity index is 915. The molecule has 1 aromatic carbocycles. The number of aryl methyl sites for hydroxylation is 1. The molecule has 0 radical (unpaired) electrons. The lowest BCUT2D eigenvalue weighted by Crippen LogP contribution is -2.51. The van der Waals surface area contributed by atoms with E-state index in [0.29, 0.717) is 13.1 Å². The van der Waals surface area contributed by atoms with Crippen molar-refractivity contribution in [2.75, 3.05) is 13.1 Å². The van der Waals surface area contributed by atoms with Gasteiger partial charge < -0.3 is 10.6 Å². The fourth-order valence-electron chi connectivity index (χ4n) is 4.61. The average Bonchev–Trinajstić information content (AvgIpc) is 3.14. The first-order valence-electron chi connectivity index (χ1n) is 9.84. The van der Waals surface area contributed by atoms with Crippen LogP contribution < -0.4 is 5.73 Å². The van der Waals surface area contributed by atoms with E-state index in [-0.39, 0.29) is 23.8 Å². The second kappa shape index (κ2) is 7.12. The van der Waals surface area contributed by atoms with Gasteiger partial charge in [-0.25, -0.2) is 4.68 Å². The molecule has 2 aromatic rings. The summed E-state index contributed by atoms with van der Waals surface area (Å²) >= 11 is 0. The average molecular weight is 407 g/mol. The van der Waals surface area contributed by atoms with Crippen molar-refractivity contribution in [3.8, 4) is 0 Å². The van der Waals surface area contributed by atoms with E-state index < -0.39 is 17.9 Å². The summed E-state index contributed by atoms with van der Waals surface area (Å²) in [6, 6.07) is 8.34. The highest BCUT2D eigenvalue weighted by Crippen LogP contribution is 2.41. The van der Waals surface area contributed by atoms with E-state index in [2.05, 4.69) is 35.2 Å². The van der Waals surface area contributed by atoms with Crippen molar-refractivity contribution in [3.05, 3.63) is 47.0 Å². The Morgan fingerprint density at radius 1 is 1.24 bits per heavy atom. The third-order valence-corrected chi connectivity index (χ3v) is 6.30. The summed E-state index contributed by atoms with van der Waals surface area (Å²) in [6.45, 7) is 3.15. The summed E-state index contributed by atoms with van der Waals surface area (Å²) in [6.07, 6.45) is -1.47. The highest BCUT2D eigenvalue weighted by atomic mass is 19.4. The van der Waals surface area contributed by atoms with Gasteiger partial charge in [-0.3, -0.25) is 4.79 Å². The first-order valence-corrected chi connectivity index (χ1v) is 9.84. The lowest BCUT2D eigenvalue weighted by molar-refractivity contribution is -0.145. The monoisotopic (exact) mass is 407 g/mol. The number of carbonyl (C=O) groups excluding carboxylic acids is 1. The van der Waals surface area contributed by atoms with Gasteiger partial charge >= 0.3 is 6.18 Å². The molecule has 0 spiro atoms. The number of benzene rings is 1. The van der Waals surface area contributed by atoms with E-state index in [1.807, 2.05) is 6.07 Å². The van der Waals surface area contributed by atoms with Crippen LogP contribution in [0.1, 0.15) is 53.3 Å². The van der Waals surface area contributed by atoms with Crippen molar-refractivity contribution < 1.29 is 18.0 Å². The Labute approximate surface area is 166 Å². The van der Waals surface area contributed by atoms with E-state index >= 15 is 0 Å². The highest BCUT2D eigenvalue weighted by Gasteiger charge is 2.43. The molecule has 0 bridgehead atoms. The molecule has 1 aromatic heterocycles. The lowest BCUT2D eigenvalue weighted by atomic mass is 9.67. The van der Waals surface area contributed by atoms with Gasteiger partial charge in [-0.2, -0.15) is 18.2 Å². The summed E-state index contributed by atoms with van der Waals surface area (Å²) in [5.74, 6) is -1.95. The van der Waals surface area contributed by atoms with E-state index in [9.17, 15) is 18.0 Å². The Morgan fingerprint density at radius 3 is 2.59 bits per heavy atom. The minimum Gasteiger partial charge on any atom is -0.331 e. The normalized spacial score (nSPS) is 25.2. The minimum atomic E-state index is -4.66. The largest absolute Gasteiger partial charge is 0.453 e. The zero-order valence-electron chi connectivity index (χ0n) is 16.2. The summed E-state index contributed by atoms with van der Waals surface area (Å²) in [5, 5.41) is 3.45. The van der Waals surface area contributed by atoms with Gasteiger partial charge in [0.05, 0.1) is 6.54 Å². The number of nitrogens with two attached hydrogens (primary N) is 1. The SMILES string of the molecule is Cc1cccc([C@]2(CN)CC[C@H](N3CCn4nc(C(F)(F)F)nc4C3=O)CC2)c1. The van der Waals surface area contributed by atoms with Crippen LogP contribution in [0.15, 0.2) is 24.3 Å². The lowest BCUT2D eigenvalue weighted by Gasteiger charge is -2.44. The number of rotatable bonds is 3. The highest BCUT2D eigenvalue weighted by molar-refractivity contribution is 5.91. The molecule has 156 valence electrons. The van der Waals surface area contributed by atoms with Gasteiger partial charge in [-0.15, -0.1) is 5.10 Å². The van der Waals surface area contributed by atoms with Crippen molar-refractivity contribution in [2.24, 2.45) is 5.73 Å². The molecule has 9 heteroatoms. The number of aromatic nitrogens is 3. The molecule has 2 N–H and O–H groups in total. The molecule has 0 unspecified atom stereocenters. The number of alkyl halides is 3. The Balaban J connectivity index is 1.50. The van der Waals surface area contributed by atoms with Gasteiger partial charge in [0.2, 0.25) is 5.82 Å². The molecular weight excluding hydrogens is 383 g/mol. The van der Waals surface area contributed by atoms with E-state index in [0.717, 1.165) is 30.4 Å². The van der Waals surface area contributed by atoms with Gasteiger partial charge in [0, 0.05) is 24.5 Å². The fraction of sp³-hybridized carbons (Fsp3) is 0.550. The van der Waals surface area contributed by atoms with Crippen LogP contribution in [-0.4, -0.2) is 44.7 Å². The molecule has 1 amide bonds. The van der Waals surface area contributed by atoms with Crippen molar-refractivity contribution in [2.45, 2.75) is 56.8 Å². The van der Waals surface area contributed by atoms with Crippen LogP contribution in [0.3, 0.4) is 0 Å². The maximum atomic E-state index is 12.9. The van der Waals surface area contributed by atoms with Crippen molar-refractivity contribution in [1.82, 2.24) is 19.7 Å². The molecule has 29 heavy (non-hydrogen) atoms. The van der Waals surface area contributed by atoms with Crippen LogP contribution in [0.4, 0.5) is 13.2 Å². The van der Waals surface area contributed by atoms with Crippen molar-refractivity contribution in [3.63, 3.8) is 0 Å². The number of halogens is 3. The molecule has 4 rings (SSSR count). The predicted octanol–water partition coefficient (Wildman–Crippen LogP) is 2.90. The van der Waals surface area contributed by atoms with Crippen LogP contribution in [0, 0.1) is 6.92 Å². The van der Waals surface area contributed by atoms with Gasteiger partial charge in [-0.05, 0) is 38.2 Å². The summed E-state index contributed by atoms with van der Waals surface area (Å²) in [7, 11) is 0. The van der Waals surface area contributed by atoms with E-state index in [4.69, 9.17) is 5.73 Å². The van der Waals surface area contributed by atoms with Crippen LogP contribution >= 0.6 is 0 Å². The first kappa shape index (κ1) is 19.9. The molecular formula is C20H24F3N5O. The van der Waals surface area contributed by atoms with Crippen LogP contribution in [0.25, 0.3) is 0 Å². The second-order valence-corrected chi connectivity index (χ2v) is 8.06. The van der Waals surface area contributed by atoms with Crippen molar-refractivity contribution >= 4 is 5.91 Å². The quantitative estimate of drug-likeness (QED) is 0.849. The summed E-state index contributed by atoms with van der Waals surface area (Å²) in [4.78, 5) is 17.9. The van der Waals surface area contributed by atoms with Gasteiger partial charge in [0.15, 0.2) is 0 Å². The van der Waals surface area contributed by atoms with Crippen LogP contribution in [0.2, 0.25) is 0 Å². The third-order valence-electron chi connectivity index (χ3n) is 6.30. The number of nitrogens with zero attached hydrogens (tertiary/aromatic N) is 4. The molecule has 1 aliphatic carbocycles. The van der Waals surface area contributed by atoms with Crippen LogP contribution in [-0.2, 0) is 18.1 Å². The molecule has 1 fully saturated rings. The molecule has 6 nitrogen and oxygen atoms in total. The molecule has 2 heterocycles. The van der Waals surface area contributed by atoms with E-state index in [1.165, 1.54) is 11.1 Å². The Kier molecular flexibility index (Phi) is 4.88. The smallest absolute Gasteiger partial charge is 0.331 e. The third kappa shape index (κ3) is 3.52. The zero-order chi connectivity index (χ0) is 20.8. The van der Waals surface area contributed by atoms with Gasteiger partial charge in [-0.1, -0.05) is 29.8 Å². The molecule has 0 atom stereocenters. The number of amides is 1. The maximum Gasteiger partial charge on any atom is 0.453 e. The Hall–Kier alpha value is -2.42. The number of fused-ring (bicyclic) bond motifs is 1. The van der Waals surface area contributed by atoms with Crippen molar-refractivity contribution in [1.29, 1.82) is 0 Å². The Morgan fingerprint density at radius 2 is 1.97 bits per heavy atom. The zero-order valence-corrected chi connectivity index (χ0v) is 16.2. The summed E-state index contributed by atoms with van der Waals surface area (Å²) < 4.78 is 39.7. The maximum absolute atomic E-state index is 12.9. The van der Waals surface area contributed by atoms with Gasteiger partial charge in [0.1, 0.15) is 0 Å².